The first-order valence-electron chi connectivity index (χ1n) is 6.03. The molecule has 1 aromatic carbocycles. The van der Waals surface area contributed by atoms with Crippen molar-refractivity contribution >= 4 is 23.3 Å². The average molecular weight is 272 g/mol. The second-order valence-corrected chi connectivity index (χ2v) is 4.72. The standard InChI is InChI=1S/C14H16N4S/c1-10-3-5-12(6-4-10)9-16-14(19)18-13-15-8-7-11(2)17-13/h3-8H,9H2,1-2H3,(H2,15,16,17,18,19). The third-order valence-electron chi connectivity index (χ3n) is 2.59. The number of nitrogens with one attached hydrogen (secondary N) is 2. The molecule has 0 saturated carbocycles. The SMILES string of the molecule is Cc1ccc(CNC(=S)Nc2nccc(C)n2)cc1. The van der Waals surface area contributed by atoms with Gasteiger partial charge in [0.05, 0.1) is 0 Å². The lowest BCUT2D eigenvalue weighted by Crippen LogP contribution is -2.28. The van der Waals surface area contributed by atoms with Crippen LogP contribution in [-0.4, -0.2) is 15.1 Å². The Bertz CT molecular complexity index is 566. The number of hydrogen-bond donors (Lipinski definition) is 2. The lowest BCUT2D eigenvalue weighted by Gasteiger charge is -2.09. The molecular formula is C14H16N4S. The summed E-state index contributed by atoms with van der Waals surface area (Å²) in [7, 11) is 0. The Morgan fingerprint density at radius 2 is 1.89 bits per heavy atom. The summed E-state index contributed by atoms with van der Waals surface area (Å²) < 4.78 is 0. The van der Waals surface area contributed by atoms with Gasteiger partial charge in [0.25, 0.3) is 0 Å². The molecule has 0 radical (unpaired) electrons. The predicted octanol–water partition coefficient (Wildman–Crippen LogP) is 2.58. The number of nitrogens with zero attached hydrogens (tertiary/aromatic N) is 2. The molecule has 0 amide bonds. The van der Waals surface area contributed by atoms with E-state index in [-0.39, 0.29) is 0 Å². The molecule has 0 bridgehead atoms. The molecule has 0 aliphatic heterocycles. The van der Waals surface area contributed by atoms with E-state index in [1.165, 1.54) is 11.1 Å². The van der Waals surface area contributed by atoms with Crippen molar-refractivity contribution < 1.29 is 0 Å². The van der Waals surface area contributed by atoms with Gasteiger partial charge in [-0.15, -0.1) is 0 Å². The first-order valence-corrected chi connectivity index (χ1v) is 6.44. The van der Waals surface area contributed by atoms with Gasteiger partial charge >= 0.3 is 0 Å². The number of hydrogen-bond acceptors (Lipinski definition) is 3. The molecule has 0 spiro atoms. The van der Waals surface area contributed by atoms with E-state index in [9.17, 15) is 0 Å². The van der Waals surface area contributed by atoms with E-state index < -0.39 is 0 Å². The zero-order chi connectivity index (χ0) is 13.7. The third kappa shape index (κ3) is 4.30. The predicted molar refractivity (Wildman–Crippen MR) is 81.0 cm³/mol. The van der Waals surface area contributed by atoms with Gasteiger partial charge in [-0.05, 0) is 37.7 Å². The van der Waals surface area contributed by atoms with Crippen molar-refractivity contribution in [1.82, 2.24) is 15.3 Å². The van der Waals surface area contributed by atoms with Crippen molar-refractivity contribution in [3.8, 4) is 0 Å². The van der Waals surface area contributed by atoms with Crippen molar-refractivity contribution in [2.24, 2.45) is 0 Å². The first kappa shape index (κ1) is 13.4. The smallest absolute Gasteiger partial charge is 0.229 e. The van der Waals surface area contributed by atoms with Crippen LogP contribution >= 0.6 is 12.2 Å². The van der Waals surface area contributed by atoms with Crippen molar-refractivity contribution in [1.29, 1.82) is 0 Å². The van der Waals surface area contributed by atoms with Crippen LogP contribution in [0.3, 0.4) is 0 Å². The number of benzene rings is 1. The van der Waals surface area contributed by atoms with Gasteiger partial charge < -0.3 is 10.6 Å². The van der Waals surface area contributed by atoms with Gasteiger partial charge in [0.15, 0.2) is 5.11 Å². The molecule has 0 unspecified atom stereocenters. The Morgan fingerprint density at radius 3 is 2.58 bits per heavy atom. The zero-order valence-corrected chi connectivity index (χ0v) is 11.8. The summed E-state index contributed by atoms with van der Waals surface area (Å²) in [5, 5.41) is 6.61. The average Bonchev–Trinajstić information content (AvgIpc) is 2.38. The monoisotopic (exact) mass is 272 g/mol. The molecule has 2 aromatic rings. The largest absolute Gasteiger partial charge is 0.358 e. The molecule has 1 heterocycles. The molecule has 0 aliphatic rings. The number of aryl methyl sites for hydroxylation is 2. The number of thiocarbonyl (C=S) groups is 1. The molecule has 98 valence electrons. The molecule has 0 saturated heterocycles. The van der Waals surface area contributed by atoms with E-state index in [0.717, 1.165) is 5.69 Å². The Kier molecular flexibility index (Phi) is 4.41. The summed E-state index contributed by atoms with van der Waals surface area (Å²) in [6.45, 7) is 4.66. The minimum Gasteiger partial charge on any atom is -0.358 e. The van der Waals surface area contributed by atoms with Crippen LogP contribution in [0.15, 0.2) is 36.5 Å². The fourth-order valence-corrected chi connectivity index (χ4v) is 1.71. The second kappa shape index (κ2) is 6.24. The highest BCUT2D eigenvalue weighted by molar-refractivity contribution is 7.80. The molecule has 2 N–H and O–H groups in total. The van der Waals surface area contributed by atoms with E-state index >= 15 is 0 Å². The second-order valence-electron chi connectivity index (χ2n) is 4.31. The molecule has 0 atom stereocenters. The van der Waals surface area contributed by atoms with Gasteiger partial charge in [0, 0.05) is 18.4 Å². The summed E-state index contributed by atoms with van der Waals surface area (Å²) in [6.07, 6.45) is 1.70. The van der Waals surface area contributed by atoms with Crippen molar-refractivity contribution in [2.75, 3.05) is 5.32 Å². The summed E-state index contributed by atoms with van der Waals surface area (Å²) in [5.41, 5.74) is 3.33. The molecule has 0 aliphatic carbocycles. The maximum Gasteiger partial charge on any atom is 0.229 e. The van der Waals surface area contributed by atoms with E-state index in [2.05, 4.69) is 51.8 Å². The summed E-state index contributed by atoms with van der Waals surface area (Å²) in [6, 6.07) is 10.2. The van der Waals surface area contributed by atoms with Gasteiger partial charge in [0.2, 0.25) is 5.95 Å². The van der Waals surface area contributed by atoms with E-state index in [4.69, 9.17) is 12.2 Å². The molecule has 5 heteroatoms. The summed E-state index contributed by atoms with van der Waals surface area (Å²) in [4.78, 5) is 8.33. The molecule has 19 heavy (non-hydrogen) atoms. The minimum absolute atomic E-state index is 0.515. The molecule has 2 rings (SSSR count). The van der Waals surface area contributed by atoms with Crippen molar-refractivity contribution in [3.63, 3.8) is 0 Å². The fraction of sp³-hybridized carbons (Fsp3) is 0.214. The molecule has 4 nitrogen and oxygen atoms in total. The highest BCUT2D eigenvalue weighted by Gasteiger charge is 2.00. The van der Waals surface area contributed by atoms with Gasteiger partial charge in [0.1, 0.15) is 0 Å². The van der Waals surface area contributed by atoms with Crippen LogP contribution in [0.5, 0.6) is 0 Å². The Balaban J connectivity index is 1.86. The summed E-state index contributed by atoms with van der Waals surface area (Å²) >= 11 is 5.20. The molecular weight excluding hydrogens is 256 g/mol. The molecule has 0 fully saturated rings. The van der Waals surface area contributed by atoms with Crippen LogP contribution in [0.1, 0.15) is 16.8 Å². The minimum atomic E-state index is 0.515. The van der Waals surface area contributed by atoms with Crippen molar-refractivity contribution in [2.45, 2.75) is 20.4 Å². The van der Waals surface area contributed by atoms with Crippen LogP contribution in [0.2, 0.25) is 0 Å². The Labute approximate surface area is 118 Å². The summed E-state index contributed by atoms with van der Waals surface area (Å²) in [5.74, 6) is 0.515. The van der Waals surface area contributed by atoms with Crippen LogP contribution in [0.25, 0.3) is 0 Å². The number of rotatable bonds is 3. The van der Waals surface area contributed by atoms with Gasteiger partial charge in [-0.3, -0.25) is 0 Å². The number of aromatic nitrogens is 2. The topological polar surface area (TPSA) is 49.8 Å². The highest BCUT2D eigenvalue weighted by atomic mass is 32.1. The Hall–Kier alpha value is -2.01. The lowest BCUT2D eigenvalue weighted by atomic mass is 10.1. The number of anilines is 1. The van der Waals surface area contributed by atoms with Crippen LogP contribution < -0.4 is 10.6 Å². The van der Waals surface area contributed by atoms with Crippen LogP contribution in [0, 0.1) is 13.8 Å². The van der Waals surface area contributed by atoms with Crippen LogP contribution in [0.4, 0.5) is 5.95 Å². The lowest BCUT2D eigenvalue weighted by molar-refractivity contribution is 0.921. The van der Waals surface area contributed by atoms with E-state index in [0.29, 0.717) is 17.6 Å². The van der Waals surface area contributed by atoms with Crippen molar-refractivity contribution in [3.05, 3.63) is 53.3 Å². The normalized spacial score (nSPS) is 10.0. The maximum absolute atomic E-state index is 5.20. The third-order valence-corrected chi connectivity index (χ3v) is 2.84. The zero-order valence-electron chi connectivity index (χ0n) is 11.0. The Morgan fingerprint density at radius 1 is 1.16 bits per heavy atom. The van der Waals surface area contributed by atoms with E-state index in [1.807, 2.05) is 13.0 Å². The first-order chi connectivity index (χ1) is 9.13. The quantitative estimate of drug-likeness (QED) is 0.841. The van der Waals surface area contributed by atoms with Gasteiger partial charge in [-0.2, -0.15) is 0 Å². The van der Waals surface area contributed by atoms with E-state index in [1.54, 1.807) is 6.20 Å². The van der Waals surface area contributed by atoms with Crippen LogP contribution in [-0.2, 0) is 6.54 Å². The molecule has 1 aromatic heterocycles. The van der Waals surface area contributed by atoms with Gasteiger partial charge in [-0.1, -0.05) is 29.8 Å². The van der Waals surface area contributed by atoms with Gasteiger partial charge in [-0.25, -0.2) is 9.97 Å². The highest BCUT2D eigenvalue weighted by Crippen LogP contribution is 2.03. The fourth-order valence-electron chi connectivity index (χ4n) is 1.54. The maximum atomic E-state index is 5.20.